The van der Waals surface area contributed by atoms with Crippen LogP contribution in [0.4, 0.5) is 0 Å². The van der Waals surface area contributed by atoms with Crippen LogP contribution >= 0.6 is 0 Å². The van der Waals surface area contributed by atoms with Crippen LogP contribution in [0.1, 0.15) is 38.2 Å². The Hall–Kier alpha value is -2.01. The number of benzene rings is 1. The van der Waals surface area contributed by atoms with E-state index in [1.807, 2.05) is 31.2 Å². The second-order valence-electron chi connectivity index (χ2n) is 6.66. The number of aliphatic hydroxyl groups is 1. The first kappa shape index (κ1) is 16.8. The first-order chi connectivity index (χ1) is 11.5. The topological polar surface area (TPSA) is 59.0 Å². The Balaban J connectivity index is 1.75. The van der Waals surface area contributed by atoms with Crippen LogP contribution in [0.5, 0.6) is 11.5 Å². The van der Waals surface area contributed by atoms with Crippen molar-refractivity contribution in [3.05, 3.63) is 29.3 Å². The minimum absolute atomic E-state index is 0.0946. The smallest absolute Gasteiger partial charge is 0.253 e. The van der Waals surface area contributed by atoms with E-state index in [1.54, 1.807) is 11.9 Å². The third-order valence-electron chi connectivity index (χ3n) is 4.70. The molecule has 0 spiro atoms. The highest BCUT2D eigenvalue weighted by Crippen LogP contribution is 2.36. The lowest BCUT2D eigenvalue weighted by atomic mass is 10.0. The van der Waals surface area contributed by atoms with E-state index >= 15 is 0 Å². The average Bonchev–Trinajstić information content (AvgIpc) is 3.00. The van der Waals surface area contributed by atoms with Crippen molar-refractivity contribution in [3.63, 3.8) is 0 Å². The molecule has 1 aliphatic heterocycles. The number of fused-ring (bicyclic) bond motifs is 1. The molecule has 130 valence electrons. The Bertz CT molecular complexity index is 647. The Labute approximate surface area is 142 Å². The first-order valence-electron chi connectivity index (χ1n) is 8.59. The van der Waals surface area contributed by atoms with Crippen molar-refractivity contribution >= 4 is 12.0 Å². The van der Waals surface area contributed by atoms with Gasteiger partial charge < -0.3 is 19.5 Å². The molecule has 1 aromatic carbocycles. The number of hydrogen-bond donors (Lipinski definition) is 1. The molecular formula is C19H25NO4. The molecule has 24 heavy (non-hydrogen) atoms. The minimum atomic E-state index is -0.736. The van der Waals surface area contributed by atoms with Crippen LogP contribution in [-0.4, -0.2) is 48.3 Å². The lowest BCUT2D eigenvalue weighted by Crippen LogP contribution is -2.43. The number of ether oxygens (including phenoxy) is 2. The Morgan fingerprint density at radius 2 is 2.12 bits per heavy atom. The largest absolute Gasteiger partial charge is 0.490 e. The van der Waals surface area contributed by atoms with Crippen molar-refractivity contribution in [2.24, 2.45) is 0 Å². The van der Waals surface area contributed by atoms with Gasteiger partial charge in [0.1, 0.15) is 6.61 Å². The normalized spacial score (nSPS) is 18.4. The van der Waals surface area contributed by atoms with Crippen LogP contribution in [-0.2, 0) is 4.79 Å². The molecule has 1 amide bonds. The van der Waals surface area contributed by atoms with Crippen molar-refractivity contribution in [2.45, 2.75) is 38.2 Å². The summed E-state index contributed by atoms with van der Waals surface area (Å²) in [7, 11) is 1.74. The maximum Gasteiger partial charge on any atom is 0.253 e. The number of amides is 1. The molecule has 5 heteroatoms. The summed E-state index contributed by atoms with van der Waals surface area (Å²) in [4.78, 5) is 14.3. The van der Waals surface area contributed by atoms with E-state index in [9.17, 15) is 9.90 Å². The summed E-state index contributed by atoms with van der Waals surface area (Å²) < 4.78 is 11.3. The van der Waals surface area contributed by atoms with Gasteiger partial charge in [0, 0.05) is 19.2 Å². The number of nitrogens with zero attached hydrogens (tertiary/aromatic N) is 1. The van der Waals surface area contributed by atoms with Crippen LogP contribution in [0.3, 0.4) is 0 Å². The zero-order valence-corrected chi connectivity index (χ0v) is 14.4. The summed E-state index contributed by atoms with van der Waals surface area (Å²) in [6.07, 6.45) is 5.44. The molecular weight excluding hydrogens is 306 g/mol. The monoisotopic (exact) mass is 331 g/mol. The predicted octanol–water partition coefficient (Wildman–Crippen LogP) is 2.62. The van der Waals surface area contributed by atoms with E-state index in [-0.39, 0.29) is 12.5 Å². The lowest BCUT2D eigenvalue weighted by Gasteiger charge is -2.30. The SMILES string of the molecule is CCOc1cccc2c1OCC(C(=O)N(C)CC1(O)CCCC1)=C2. The van der Waals surface area contributed by atoms with Gasteiger partial charge in [-0.15, -0.1) is 0 Å². The third-order valence-corrected chi connectivity index (χ3v) is 4.70. The summed E-state index contributed by atoms with van der Waals surface area (Å²) >= 11 is 0. The quantitative estimate of drug-likeness (QED) is 0.901. The molecule has 1 fully saturated rings. The van der Waals surface area contributed by atoms with Gasteiger partial charge >= 0.3 is 0 Å². The van der Waals surface area contributed by atoms with Crippen LogP contribution < -0.4 is 9.47 Å². The van der Waals surface area contributed by atoms with Crippen LogP contribution in [0.2, 0.25) is 0 Å². The lowest BCUT2D eigenvalue weighted by molar-refractivity contribution is -0.129. The Kier molecular flexibility index (Phi) is 4.81. The number of likely N-dealkylation sites (N-methyl/N-ethyl adjacent to an activating group) is 1. The van der Waals surface area contributed by atoms with Gasteiger partial charge in [-0.3, -0.25) is 4.79 Å². The van der Waals surface area contributed by atoms with Gasteiger partial charge in [0.15, 0.2) is 11.5 Å². The second-order valence-corrected chi connectivity index (χ2v) is 6.66. The standard InChI is InChI=1S/C19H25NO4/c1-3-23-16-8-6-7-14-11-15(12-24-17(14)16)18(21)20(2)13-19(22)9-4-5-10-19/h6-8,11,22H,3-5,9-10,12-13H2,1-2H3. The van der Waals surface area contributed by atoms with Gasteiger partial charge in [-0.2, -0.15) is 0 Å². The Morgan fingerprint density at radius 1 is 1.38 bits per heavy atom. The van der Waals surface area contributed by atoms with E-state index in [2.05, 4.69) is 0 Å². The van der Waals surface area contributed by atoms with Gasteiger partial charge in [-0.1, -0.05) is 25.0 Å². The average molecular weight is 331 g/mol. The fraction of sp³-hybridized carbons (Fsp3) is 0.526. The maximum absolute atomic E-state index is 12.7. The molecule has 0 unspecified atom stereocenters. The zero-order valence-electron chi connectivity index (χ0n) is 14.4. The summed E-state index contributed by atoms with van der Waals surface area (Å²) in [5, 5.41) is 10.5. The zero-order chi connectivity index (χ0) is 17.2. The second kappa shape index (κ2) is 6.85. The molecule has 0 atom stereocenters. The van der Waals surface area contributed by atoms with E-state index in [0.29, 0.717) is 30.2 Å². The van der Waals surface area contributed by atoms with Crippen LogP contribution in [0.25, 0.3) is 6.08 Å². The van der Waals surface area contributed by atoms with Gasteiger partial charge in [0.25, 0.3) is 5.91 Å². The van der Waals surface area contributed by atoms with E-state index < -0.39 is 5.60 Å². The molecule has 3 rings (SSSR count). The molecule has 0 aromatic heterocycles. The van der Waals surface area contributed by atoms with Crippen molar-refractivity contribution in [1.82, 2.24) is 4.90 Å². The number of rotatable bonds is 5. The van der Waals surface area contributed by atoms with E-state index in [4.69, 9.17) is 9.47 Å². The summed E-state index contributed by atoms with van der Waals surface area (Å²) in [6, 6.07) is 5.67. The maximum atomic E-state index is 12.7. The molecule has 1 N–H and O–H groups in total. The highest BCUT2D eigenvalue weighted by atomic mass is 16.5. The minimum Gasteiger partial charge on any atom is -0.490 e. The molecule has 1 aromatic rings. The third kappa shape index (κ3) is 3.41. The van der Waals surface area contributed by atoms with Crippen LogP contribution in [0, 0.1) is 0 Å². The predicted molar refractivity (Wildman–Crippen MR) is 92.1 cm³/mol. The molecule has 0 bridgehead atoms. The molecule has 0 radical (unpaired) electrons. The molecule has 1 saturated carbocycles. The first-order valence-corrected chi connectivity index (χ1v) is 8.59. The molecule has 2 aliphatic rings. The van der Waals surface area contributed by atoms with Gasteiger partial charge in [0.2, 0.25) is 0 Å². The fourth-order valence-electron chi connectivity index (χ4n) is 3.52. The number of hydrogen-bond acceptors (Lipinski definition) is 4. The molecule has 5 nitrogen and oxygen atoms in total. The fourth-order valence-corrected chi connectivity index (χ4v) is 3.52. The molecule has 0 saturated heterocycles. The van der Waals surface area contributed by atoms with Gasteiger partial charge in [-0.05, 0) is 31.9 Å². The highest BCUT2D eigenvalue weighted by Gasteiger charge is 2.34. The Morgan fingerprint density at radius 3 is 2.83 bits per heavy atom. The number of carbonyl (C=O) groups is 1. The van der Waals surface area contributed by atoms with Crippen LogP contribution in [0.15, 0.2) is 23.8 Å². The summed E-state index contributed by atoms with van der Waals surface area (Å²) in [5.74, 6) is 1.29. The summed E-state index contributed by atoms with van der Waals surface area (Å²) in [5.41, 5.74) is 0.712. The van der Waals surface area contributed by atoms with Crippen molar-refractivity contribution in [3.8, 4) is 11.5 Å². The van der Waals surface area contributed by atoms with Crippen molar-refractivity contribution in [1.29, 1.82) is 0 Å². The molecule has 1 aliphatic carbocycles. The van der Waals surface area contributed by atoms with E-state index in [0.717, 1.165) is 31.2 Å². The van der Waals surface area contributed by atoms with Gasteiger partial charge in [-0.25, -0.2) is 0 Å². The summed E-state index contributed by atoms with van der Waals surface area (Å²) in [6.45, 7) is 3.08. The van der Waals surface area contributed by atoms with Gasteiger partial charge in [0.05, 0.1) is 17.8 Å². The molecule has 1 heterocycles. The number of carbonyl (C=O) groups excluding carboxylic acids is 1. The van der Waals surface area contributed by atoms with Crippen molar-refractivity contribution in [2.75, 3.05) is 26.8 Å². The highest BCUT2D eigenvalue weighted by molar-refractivity contribution is 5.99. The van der Waals surface area contributed by atoms with Crippen molar-refractivity contribution < 1.29 is 19.4 Å². The number of para-hydroxylation sites is 1. The van der Waals surface area contributed by atoms with E-state index in [1.165, 1.54) is 0 Å².